The van der Waals surface area contributed by atoms with E-state index in [-0.39, 0.29) is 12.7 Å². The molecule has 4 unspecified atom stereocenters. The first kappa shape index (κ1) is 14.9. The van der Waals surface area contributed by atoms with Crippen molar-refractivity contribution in [1.82, 2.24) is 0 Å². The van der Waals surface area contributed by atoms with Crippen molar-refractivity contribution in [2.75, 3.05) is 6.61 Å². The van der Waals surface area contributed by atoms with E-state index in [0.29, 0.717) is 6.42 Å². The van der Waals surface area contributed by atoms with Crippen LogP contribution in [0.3, 0.4) is 0 Å². The van der Waals surface area contributed by atoms with Crippen molar-refractivity contribution >= 4 is 11.9 Å². The van der Waals surface area contributed by atoms with Crippen LogP contribution in [0.15, 0.2) is 0 Å². The highest BCUT2D eigenvalue weighted by Crippen LogP contribution is 2.25. The Balaban J connectivity index is 2.68. The fourth-order valence-electron chi connectivity index (χ4n) is 1.97. The highest BCUT2D eigenvalue weighted by molar-refractivity contribution is 5.66. The Bertz CT molecular complexity index is 303. The van der Waals surface area contributed by atoms with Crippen LogP contribution in [0.1, 0.15) is 33.6 Å². The molecule has 6 nitrogen and oxygen atoms in total. The summed E-state index contributed by atoms with van der Waals surface area (Å²) in [4.78, 5) is 21.8. The summed E-state index contributed by atoms with van der Waals surface area (Å²) in [5, 5.41) is 9.96. The third-order valence-corrected chi connectivity index (χ3v) is 2.83. The Labute approximate surface area is 106 Å². The van der Waals surface area contributed by atoms with Gasteiger partial charge in [0.2, 0.25) is 0 Å². The van der Waals surface area contributed by atoms with Gasteiger partial charge in [0.25, 0.3) is 0 Å². The quantitative estimate of drug-likeness (QED) is 0.737. The standard InChI is InChI=1S/C12H20O6/c1-4-9-5-10(15)12(17-8(3)14)11(18-9)6-16-7(2)13/h9-12,15H,4-6H2,1-3H3. The number of aliphatic hydroxyl groups excluding tert-OH is 1. The van der Waals surface area contributed by atoms with E-state index in [1.807, 2.05) is 6.92 Å². The average Bonchev–Trinajstić information content (AvgIpc) is 2.29. The number of aliphatic hydroxyl groups is 1. The number of ether oxygens (including phenoxy) is 3. The largest absolute Gasteiger partial charge is 0.463 e. The molecule has 1 saturated heterocycles. The van der Waals surface area contributed by atoms with Gasteiger partial charge in [0.05, 0.1) is 12.2 Å². The number of carbonyl (C=O) groups is 2. The van der Waals surface area contributed by atoms with Crippen molar-refractivity contribution in [3.05, 3.63) is 0 Å². The fraction of sp³-hybridized carbons (Fsp3) is 0.833. The van der Waals surface area contributed by atoms with Crippen LogP contribution >= 0.6 is 0 Å². The van der Waals surface area contributed by atoms with Gasteiger partial charge in [0.15, 0.2) is 6.10 Å². The zero-order valence-corrected chi connectivity index (χ0v) is 10.9. The number of carbonyl (C=O) groups excluding carboxylic acids is 2. The molecule has 6 heteroatoms. The maximum atomic E-state index is 11.0. The van der Waals surface area contributed by atoms with Gasteiger partial charge >= 0.3 is 11.9 Å². The van der Waals surface area contributed by atoms with Crippen LogP contribution in [0.2, 0.25) is 0 Å². The summed E-state index contributed by atoms with van der Waals surface area (Å²) in [6, 6.07) is 0. The van der Waals surface area contributed by atoms with Gasteiger partial charge in [-0.15, -0.1) is 0 Å². The number of rotatable bonds is 4. The molecule has 4 atom stereocenters. The van der Waals surface area contributed by atoms with Crippen molar-refractivity contribution in [3.63, 3.8) is 0 Å². The molecule has 0 aromatic heterocycles. The van der Waals surface area contributed by atoms with Crippen molar-refractivity contribution < 1.29 is 28.9 Å². The second kappa shape index (κ2) is 6.70. The second-order valence-corrected chi connectivity index (χ2v) is 4.38. The van der Waals surface area contributed by atoms with Gasteiger partial charge in [-0.05, 0) is 6.42 Å². The molecule has 0 aliphatic carbocycles. The van der Waals surface area contributed by atoms with Crippen molar-refractivity contribution in [3.8, 4) is 0 Å². The molecular formula is C12H20O6. The van der Waals surface area contributed by atoms with Crippen LogP contribution in [-0.4, -0.2) is 48.1 Å². The summed E-state index contributed by atoms with van der Waals surface area (Å²) in [6.07, 6.45) is -1.18. The van der Waals surface area contributed by atoms with Crippen LogP contribution in [0, 0.1) is 0 Å². The summed E-state index contributed by atoms with van der Waals surface area (Å²) < 4.78 is 15.6. The molecule has 1 rings (SSSR count). The smallest absolute Gasteiger partial charge is 0.303 e. The molecule has 0 aromatic rings. The minimum atomic E-state index is -0.798. The van der Waals surface area contributed by atoms with Gasteiger partial charge in [0.1, 0.15) is 12.7 Å². The summed E-state index contributed by atoms with van der Waals surface area (Å²) in [5.74, 6) is -0.932. The lowest BCUT2D eigenvalue weighted by Crippen LogP contribution is -2.52. The zero-order valence-electron chi connectivity index (χ0n) is 10.9. The van der Waals surface area contributed by atoms with Gasteiger partial charge in [-0.3, -0.25) is 9.59 Å². The van der Waals surface area contributed by atoms with Gasteiger partial charge in [0, 0.05) is 20.3 Å². The summed E-state index contributed by atoms with van der Waals surface area (Å²) in [6.45, 7) is 4.46. The maximum Gasteiger partial charge on any atom is 0.303 e. The third kappa shape index (κ3) is 4.27. The molecule has 1 aliphatic heterocycles. The molecule has 1 N–H and O–H groups in total. The van der Waals surface area contributed by atoms with Crippen molar-refractivity contribution in [2.45, 2.75) is 58.0 Å². The molecule has 0 bridgehead atoms. The Morgan fingerprint density at radius 1 is 1.33 bits per heavy atom. The number of esters is 2. The predicted molar refractivity (Wildman–Crippen MR) is 61.8 cm³/mol. The van der Waals surface area contributed by atoms with E-state index in [9.17, 15) is 14.7 Å². The minimum absolute atomic E-state index is 0.0269. The minimum Gasteiger partial charge on any atom is -0.463 e. The van der Waals surface area contributed by atoms with E-state index in [2.05, 4.69) is 0 Å². The van der Waals surface area contributed by atoms with Crippen LogP contribution < -0.4 is 0 Å². The molecule has 0 aromatic carbocycles. The molecular weight excluding hydrogens is 240 g/mol. The summed E-state index contributed by atoms with van der Waals surface area (Å²) in [5.41, 5.74) is 0. The maximum absolute atomic E-state index is 11.0. The Morgan fingerprint density at radius 2 is 2.00 bits per heavy atom. The normalized spacial score (nSPS) is 31.8. The first-order valence-electron chi connectivity index (χ1n) is 6.08. The van der Waals surface area contributed by atoms with Crippen LogP contribution in [0.5, 0.6) is 0 Å². The van der Waals surface area contributed by atoms with E-state index < -0.39 is 30.3 Å². The molecule has 1 fully saturated rings. The molecule has 0 spiro atoms. The van der Waals surface area contributed by atoms with Crippen LogP contribution in [0.25, 0.3) is 0 Å². The molecule has 1 heterocycles. The zero-order chi connectivity index (χ0) is 13.7. The van der Waals surface area contributed by atoms with Crippen LogP contribution in [0.4, 0.5) is 0 Å². The molecule has 104 valence electrons. The first-order chi connectivity index (χ1) is 8.43. The molecule has 18 heavy (non-hydrogen) atoms. The van der Waals surface area contributed by atoms with Gasteiger partial charge < -0.3 is 19.3 Å². The van der Waals surface area contributed by atoms with Gasteiger partial charge in [-0.1, -0.05) is 6.92 Å². The average molecular weight is 260 g/mol. The summed E-state index contributed by atoms with van der Waals surface area (Å²) in [7, 11) is 0. The lowest BCUT2D eigenvalue weighted by Gasteiger charge is -2.38. The Hall–Kier alpha value is -1.14. The molecule has 0 radical (unpaired) electrons. The van der Waals surface area contributed by atoms with E-state index >= 15 is 0 Å². The highest BCUT2D eigenvalue weighted by atomic mass is 16.6. The van der Waals surface area contributed by atoms with Crippen molar-refractivity contribution in [1.29, 1.82) is 0 Å². The Morgan fingerprint density at radius 3 is 2.50 bits per heavy atom. The van der Waals surface area contributed by atoms with E-state index in [0.717, 1.165) is 6.42 Å². The lowest BCUT2D eigenvalue weighted by atomic mass is 9.96. The van der Waals surface area contributed by atoms with E-state index in [1.54, 1.807) is 0 Å². The molecule has 0 saturated carbocycles. The first-order valence-corrected chi connectivity index (χ1v) is 6.08. The van der Waals surface area contributed by atoms with E-state index in [4.69, 9.17) is 14.2 Å². The number of hydrogen-bond donors (Lipinski definition) is 1. The third-order valence-electron chi connectivity index (χ3n) is 2.83. The van der Waals surface area contributed by atoms with Gasteiger partial charge in [-0.2, -0.15) is 0 Å². The summed E-state index contributed by atoms with van der Waals surface area (Å²) >= 11 is 0. The van der Waals surface area contributed by atoms with Crippen LogP contribution in [-0.2, 0) is 23.8 Å². The lowest BCUT2D eigenvalue weighted by molar-refractivity contribution is -0.206. The van der Waals surface area contributed by atoms with Gasteiger partial charge in [-0.25, -0.2) is 0 Å². The molecule has 0 amide bonds. The topological polar surface area (TPSA) is 82.1 Å². The SMILES string of the molecule is CCC1CC(O)C(OC(C)=O)C(COC(C)=O)O1. The monoisotopic (exact) mass is 260 g/mol. The highest BCUT2D eigenvalue weighted by Gasteiger charge is 2.40. The predicted octanol–water partition coefficient (Wildman–Crippen LogP) is 0.410. The second-order valence-electron chi connectivity index (χ2n) is 4.38. The number of hydrogen-bond acceptors (Lipinski definition) is 6. The van der Waals surface area contributed by atoms with E-state index in [1.165, 1.54) is 13.8 Å². The van der Waals surface area contributed by atoms with Crippen molar-refractivity contribution in [2.24, 2.45) is 0 Å². The molecule has 1 aliphatic rings. The fourth-order valence-corrected chi connectivity index (χ4v) is 1.97. The Kier molecular flexibility index (Phi) is 5.55.